The number of nitrogen functional groups attached to an aromatic ring is 1. The van der Waals surface area contributed by atoms with Crippen LogP contribution in [0.15, 0.2) is 6.20 Å². The van der Waals surface area contributed by atoms with Gasteiger partial charge in [0.15, 0.2) is 5.82 Å². The zero-order valence-electron chi connectivity index (χ0n) is 10.7. The number of hydrazine groups is 1. The summed E-state index contributed by atoms with van der Waals surface area (Å²) < 4.78 is 0. The Morgan fingerprint density at radius 2 is 2.22 bits per heavy atom. The predicted octanol–water partition coefficient (Wildman–Crippen LogP) is 0.140. The normalized spacial score (nSPS) is 14.4. The van der Waals surface area contributed by atoms with Crippen LogP contribution in [0.3, 0.4) is 0 Å². The number of anilines is 2. The summed E-state index contributed by atoms with van der Waals surface area (Å²) in [6.07, 6.45) is 1.44. The maximum atomic E-state index is 10.1. The molecule has 0 aromatic carbocycles. The molecule has 18 heavy (non-hydrogen) atoms. The molecule has 0 amide bonds. The SMILES string of the molecule is CN(C)CC(C)(O)CNc1nc(NN)ncc1Cl. The van der Waals surface area contributed by atoms with E-state index in [-0.39, 0.29) is 5.95 Å². The summed E-state index contributed by atoms with van der Waals surface area (Å²) >= 11 is 5.94. The highest BCUT2D eigenvalue weighted by atomic mass is 35.5. The Bertz CT molecular complexity index is 398. The van der Waals surface area contributed by atoms with E-state index in [0.717, 1.165) is 0 Å². The third-order valence-electron chi connectivity index (χ3n) is 2.17. The number of aromatic nitrogens is 2. The molecule has 0 aliphatic rings. The third-order valence-corrected chi connectivity index (χ3v) is 2.44. The third kappa shape index (κ3) is 4.61. The standard InChI is InChI=1S/C10H19ClN6O/c1-10(18,6-17(2)3)5-14-8-7(11)4-13-9(15-8)16-12/h4,18H,5-6,12H2,1-3H3,(H2,13,14,15,16). The second-order valence-electron chi connectivity index (χ2n) is 4.62. The number of hydrogen-bond donors (Lipinski definition) is 4. The van der Waals surface area contributed by atoms with Crippen LogP contribution in [0.2, 0.25) is 5.02 Å². The number of likely N-dealkylation sites (N-methyl/N-ethyl adjacent to an activating group) is 1. The van der Waals surface area contributed by atoms with Crippen LogP contribution in [0.1, 0.15) is 6.92 Å². The molecule has 1 atom stereocenters. The van der Waals surface area contributed by atoms with Crippen molar-refractivity contribution in [1.82, 2.24) is 14.9 Å². The van der Waals surface area contributed by atoms with E-state index >= 15 is 0 Å². The molecule has 1 aromatic heterocycles. The number of nitrogens with one attached hydrogen (secondary N) is 2. The smallest absolute Gasteiger partial charge is 0.239 e. The summed E-state index contributed by atoms with van der Waals surface area (Å²) in [7, 11) is 3.78. The minimum absolute atomic E-state index is 0.258. The first-order valence-corrected chi connectivity index (χ1v) is 5.82. The number of rotatable bonds is 6. The average Bonchev–Trinajstić information content (AvgIpc) is 2.26. The number of nitrogens with zero attached hydrogens (tertiary/aromatic N) is 3. The highest BCUT2D eigenvalue weighted by molar-refractivity contribution is 6.32. The van der Waals surface area contributed by atoms with Gasteiger partial charge in [0.25, 0.3) is 0 Å². The Morgan fingerprint density at radius 1 is 1.56 bits per heavy atom. The van der Waals surface area contributed by atoms with E-state index < -0.39 is 5.60 Å². The van der Waals surface area contributed by atoms with Gasteiger partial charge in [0, 0.05) is 13.1 Å². The summed E-state index contributed by atoms with van der Waals surface area (Å²) in [4.78, 5) is 9.82. The van der Waals surface area contributed by atoms with Crippen molar-refractivity contribution < 1.29 is 5.11 Å². The average molecular weight is 275 g/mol. The van der Waals surface area contributed by atoms with E-state index in [1.54, 1.807) is 6.92 Å². The van der Waals surface area contributed by atoms with Gasteiger partial charge in [-0.1, -0.05) is 11.6 Å². The second-order valence-corrected chi connectivity index (χ2v) is 5.03. The monoisotopic (exact) mass is 274 g/mol. The van der Waals surface area contributed by atoms with Crippen LogP contribution in [0.5, 0.6) is 0 Å². The molecule has 1 unspecified atom stereocenters. The van der Waals surface area contributed by atoms with Crippen LogP contribution in [0.4, 0.5) is 11.8 Å². The summed E-state index contributed by atoms with van der Waals surface area (Å²) in [5.74, 6) is 5.90. The van der Waals surface area contributed by atoms with E-state index in [0.29, 0.717) is 23.9 Å². The molecule has 7 nitrogen and oxygen atoms in total. The summed E-state index contributed by atoms with van der Waals surface area (Å²) in [6, 6.07) is 0. The molecule has 0 aliphatic carbocycles. The van der Waals surface area contributed by atoms with E-state index in [1.807, 2.05) is 19.0 Å². The number of aliphatic hydroxyl groups is 1. The van der Waals surface area contributed by atoms with Gasteiger partial charge in [-0.05, 0) is 21.0 Å². The van der Waals surface area contributed by atoms with Gasteiger partial charge in [-0.3, -0.25) is 5.43 Å². The van der Waals surface area contributed by atoms with Gasteiger partial charge in [0.05, 0.1) is 11.8 Å². The first-order chi connectivity index (χ1) is 8.34. The second kappa shape index (κ2) is 6.14. The molecule has 0 radical (unpaired) electrons. The molecule has 0 fully saturated rings. The summed E-state index contributed by atoms with van der Waals surface area (Å²) in [5, 5.41) is 13.5. The van der Waals surface area contributed by atoms with E-state index in [4.69, 9.17) is 17.4 Å². The van der Waals surface area contributed by atoms with Gasteiger partial charge < -0.3 is 15.3 Å². The van der Waals surface area contributed by atoms with Crippen molar-refractivity contribution >= 4 is 23.4 Å². The van der Waals surface area contributed by atoms with Crippen molar-refractivity contribution in [3.8, 4) is 0 Å². The predicted molar refractivity (Wildman–Crippen MR) is 72.5 cm³/mol. The molecule has 8 heteroatoms. The van der Waals surface area contributed by atoms with Crippen molar-refractivity contribution in [1.29, 1.82) is 0 Å². The van der Waals surface area contributed by atoms with Crippen molar-refractivity contribution in [3.63, 3.8) is 0 Å². The van der Waals surface area contributed by atoms with Crippen LogP contribution in [0, 0.1) is 0 Å². The highest BCUT2D eigenvalue weighted by Crippen LogP contribution is 2.19. The molecule has 1 heterocycles. The van der Waals surface area contributed by atoms with Gasteiger partial charge >= 0.3 is 0 Å². The van der Waals surface area contributed by atoms with Crippen molar-refractivity contribution in [2.75, 3.05) is 37.9 Å². The molecular formula is C10H19ClN6O. The van der Waals surface area contributed by atoms with E-state index in [2.05, 4.69) is 20.7 Å². The fourth-order valence-corrected chi connectivity index (χ4v) is 1.73. The fourth-order valence-electron chi connectivity index (χ4n) is 1.57. The Balaban J connectivity index is 2.67. The Kier molecular flexibility index (Phi) is 5.09. The highest BCUT2D eigenvalue weighted by Gasteiger charge is 2.21. The molecule has 0 aliphatic heterocycles. The van der Waals surface area contributed by atoms with Crippen molar-refractivity contribution in [3.05, 3.63) is 11.2 Å². The maximum absolute atomic E-state index is 10.1. The first-order valence-electron chi connectivity index (χ1n) is 5.44. The van der Waals surface area contributed by atoms with Gasteiger partial charge in [-0.15, -0.1) is 0 Å². The lowest BCUT2D eigenvalue weighted by molar-refractivity contribution is 0.0459. The van der Waals surface area contributed by atoms with Gasteiger partial charge in [0.1, 0.15) is 5.02 Å². The molecule has 0 spiro atoms. The number of halogens is 1. The van der Waals surface area contributed by atoms with Crippen LogP contribution < -0.4 is 16.6 Å². The molecular weight excluding hydrogens is 256 g/mol. The lowest BCUT2D eigenvalue weighted by atomic mass is 10.1. The fraction of sp³-hybridized carbons (Fsp3) is 0.600. The van der Waals surface area contributed by atoms with Crippen LogP contribution in [-0.2, 0) is 0 Å². The lowest BCUT2D eigenvalue weighted by Crippen LogP contribution is -2.43. The molecule has 1 aromatic rings. The van der Waals surface area contributed by atoms with Crippen molar-refractivity contribution in [2.45, 2.75) is 12.5 Å². The minimum atomic E-state index is -0.895. The Labute approximate surface area is 111 Å². The zero-order chi connectivity index (χ0) is 13.8. The van der Waals surface area contributed by atoms with Gasteiger partial charge in [-0.25, -0.2) is 10.8 Å². The molecule has 0 saturated heterocycles. The van der Waals surface area contributed by atoms with Crippen molar-refractivity contribution in [2.24, 2.45) is 5.84 Å². The minimum Gasteiger partial charge on any atom is -0.387 e. The largest absolute Gasteiger partial charge is 0.387 e. The van der Waals surface area contributed by atoms with Gasteiger partial charge in [-0.2, -0.15) is 4.98 Å². The number of hydrogen-bond acceptors (Lipinski definition) is 7. The first kappa shape index (κ1) is 14.9. The van der Waals surface area contributed by atoms with Gasteiger partial charge in [0.2, 0.25) is 5.95 Å². The zero-order valence-corrected chi connectivity index (χ0v) is 11.5. The van der Waals surface area contributed by atoms with E-state index in [1.165, 1.54) is 6.20 Å². The molecule has 0 saturated carbocycles. The maximum Gasteiger partial charge on any atom is 0.239 e. The molecule has 0 bridgehead atoms. The molecule has 1 rings (SSSR count). The lowest BCUT2D eigenvalue weighted by Gasteiger charge is -2.27. The van der Waals surface area contributed by atoms with Crippen LogP contribution in [-0.4, -0.2) is 52.8 Å². The van der Waals surface area contributed by atoms with Crippen LogP contribution in [0.25, 0.3) is 0 Å². The molecule has 102 valence electrons. The quantitative estimate of drug-likeness (QED) is 0.432. The summed E-state index contributed by atoms with van der Waals surface area (Å²) in [6.45, 7) is 2.56. The number of nitrogens with two attached hydrogens (primary N) is 1. The Morgan fingerprint density at radius 3 is 2.78 bits per heavy atom. The van der Waals surface area contributed by atoms with Crippen LogP contribution >= 0.6 is 11.6 Å². The Hall–Kier alpha value is -1.15. The topological polar surface area (TPSA) is 99.3 Å². The molecule has 5 N–H and O–H groups in total. The summed E-state index contributed by atoms with van der Waals surface area (Å²) in [5.41, 5.74) is 1.44. The van der Waals surface area contributed by atoms with E-state index in [9.17, 15) is 5.11 Å².